The van der Waals surface area contributed by atoms with Gasteiger partial charge in [-0.2, -0.15) is 26.3 Å². The Morgan fingerprint density at radius 2 is 0.949 bits per heavy atom. The molecule has 2 aliphatic carbocycles. The molecule has 2 saturated carbocycles. The van der Waals surface area contributed by atoms with E-state index in [0.717, 1.165) is 88.1 Å². The molecule has 0 aliphatic heterocycles. The van der Waals surface area contributed by atoms with Gasteiger partial charge in [-0.1, -0.05) is 97.2 Å². The molecule has 0 N–H and O–H groups in total. The highest BCUT2D eigenvalue weighted by molar-refractivity contribution is 7.99. The predicted octanol–water partition coefficient (Wildman–Crippen LogP) is 11.0. The van der Waals surface area contributed by atoms with E-state index in [1.165, 1.54) is 12.1 Å². The van der Waals surface area contributed by atoms with E-state index < -0.39 is 23.5 Å². The van der Waals surface area contributed by atoms with E-state index in [1.54, 1.807) is 0 Å². The molecule has 39 heavy (non-hydrogen) atoms. The first kappa shape index (κ1) is 30.0. The second-order valence-corrected chi connectivity index (χ2v) is 11.9. The van der Waals surface area contributed by atoms with Crippen molar-refractivity contribution in [3.05, 3.63) is 56.6 Å². The van der Waals surface area contributed by atoms with Crippen molar-refractivity contribution < 1.29 is 26.3 Å². The quantitative estimate of drug-likeness (QED) is 0.243. The van der Waals surface area contributed by atoms with Gasteiger partial charge >= 0.3 is 12.4 Å². The van der Waals surface area contributed by atoms with Crippen LogP contribution < -0.4 is 0 Å². The van der Waals surface area contributed by atoms with E-state index in [-0.39, 0.29) is 42.8 Å². The molecular formula is C30H26Cl2F6S. The first-order valence-electron chi connectivity index (χ1n) is 12.9. The summed E-state index contributed by atoms with van der Waals surface area (Å²) in [5.41, 5.74) is -2.65. The van der Waals surface area contributed by atoms with Gasteiger partial charge in [0.05, 0.1) is 22.3 Å². The molecule has 0 unspecified atom stereocenters. The van der Waals surface area contributed by atoms with Gasteiger partial charge in [0.25, 0.3) is 0 Å². The molecule has 4 rings (SSSR count). The fourth-order valence-electron chi connectivity index (χ4n) is 4.99. The summed E-state index contributed by atoms with van der Waals surface area (Å²) in [6, 6.07) is 4.22. The molecule has 0 bridgehead atoms. The highest BCUT2D eigenvalue weighted by Crippen LogP contribution is 2.44. The van der Waals surface area contributed by atoms with Crippen LogP contribution in [-0.2, 0) is 12.4 Å². The van der Waals surface area contributed by atoms with E-state index >= 15 is 0 Å². The number of rotatable bonds is 2. The Morgan fingerprint density at radius 1 is 0.590 bits per heavy atom. The number of alkyl halides is 6. The van der Waals surface area contributed by atoms with Crippen molar-refractivity contribution in [2.24, 2.45) is 11.8 Å². The maximum Gasteiger partial charge on any atom is 0.417 e. The average molecular weight is 603 g/mol. The Kier molecular flexibility index (Phi) is 9.79. The molecule has 2 aromatic rings. The van der Waals surface area contributed by atoms with Gasteiger partial charge in [0.15, 0.2) is 0 Å². The highest BCUT2D eigenvalue weighted by Gasteiger charge is 2.37. The van der Waals surface area contributed by atoms with E-state index in [2.05, 4.69) is 23.7 Å². The molecule has 0 amide bonds. The summed E-state index contributed by atoms with van der Waals surface area (Å²) in [5.74, 6) is 11.4. The van der Waals surface area contributed by atoms with Crippen LogP contribution in [0, 0.1) is 35.5 Å². The largest absolute Gasteiger partial charge is 0.417 e. The second kappa shape index (κ2) is 12.7. The Balaban J connectivity index is 1.85. The fourth-order valence-corrected chi connectivity index (χ4v) is 6.69. The SMILES string of the molecule is FC(F)(F)c1cc(Cl)cc(Sc2cc(Cl)cc(C(F)(F)F)c2C#CC2CCCCC2)c1C#CC1CCCCC1. The molecule has 9 heteroatoms. The summed E-state index contributed by atoms with van der Waals surface area (Å²) in [6.07, 6.45) is -0.355. The van der Waals surface area contributed by atoms with Gasteiger partial charge in [0.2, 0.25) is 0 Å². The molecule has 2 aliphatic rings. The smallest absolute Gasteiger partial charge is 0.166 e. The van der Waals surface area contributed by atoms with Crippen LogP contribution in [0.3, 0.4) is 0 Å². The zero-order chi connectivity index (χ0) is 28.2. The maximum absolute atomic E-state index is 14.1. The van der Waals surface area contributed by atoms with Gasteiger partial charge in [0, 0.05) is 31.7 Å². The minimum absolute atomic E-state index is 0.00856. The number of benzene rings is 2. The fraction of sp³-hybridized carbons (Fsp3) is 0.467. The number of hydrogen-bond acceptors (Lipinski definition) is 1. The van der Waals surface area contributed by atoms with Gasteiger partial charge in [-0.25, -0.2) is 0 Å². The van der Waals surface area contributed by atoms with E-state index in [1.807, 2.05) is 0 Å². The van der Waals surface area contributed by atoms with Crippen LogP contribution in [-0.4, -0.2) is 0 Å². The normalized spacial score (nSPS) is 17.2. The van der Waals surface area contributed by atoms with Gasteiger partial charge in [-0.15, -0.1) is 0 Å². The third-order valence-corrected chi connectivity index (χ3v) is 8.50. The highest BCUT2D eigenvalue weighted by atomic mass is 35.5. The number of hydrogen-bond donors (Lipinski definition) is 0. The Bertz CT molecular complexity index is 1210. The van der Waals surface area contributed by atoms with Crippen LogP contribution in [0.4, 0.5) is 26.3 Å². The minimum Gasteiger partial charge on any atom is -0.166 e. The van der Waals surface area contributed by atoms with Crippen LogP contribution >= 0.6 is 35.0 Å². The molecule has 2 fully saturated rings. The lowest BCUT2D eigenvalue weighted by Crippen LogP contribution is -2.10. The Labute approximate surface area is 239 Å². The van der Waals surface area contributed by atoms with Crippen molar-refractivity contribution in [3.63, 3.8) is 0 Å². The monoisotopic (exact) mass is 602 g/mol. The van der Waals surface area contributed by atoms with Crippen molar-refractivity contribution in [3.8, 4) is 23.7 Å². The summed E-state index contributed by atoms with van der Waals surface area (Å²) < 4.78 is 84.5. The van der Waals surface area contributed by atoms with Gasteiger partial charge in [-0.05, 0) is 49.9 Å². The molecule has 0 radical (unpaired) electrons. The third kappa shape index (κ3) is 8.06. The van der Waals surface area contributed by atoms with Gasteiger partial charge in [-0.3, -0.25) is 0 Å². The molecule has 0 heterocycles. The standard InChI is InChI=1S/C30H26Cl2F6S/c31-21-15-25(29(33,34)35)23(13-11-19-7-3-1-4-8-19)27(17-21)39-28-18-22(32)16-26(30(36,37)38)24(28)14-12-20-9-5-2-6-10-20/h15-20H,1-10H2. The number of halogens is 8. The second-order valence-electron chi connectivity index (χ2n) is 9.96. The van der Waals surface area contributed by atoms with Crippen molar-refractivity contribution in [2.45, 2.75) is 86.4 Å². The van der Waals surface area contributed by atoms with Crippen molar-refractivity contribution >= 4 is 35.0 Å². The van der Waals surface area contributed by atoms with E-state index in [0.29, 0.717) is 0 Å². The molecule has 0 spiro atoms. The first-order chi connectivity index (χ1) is 18.4. The zero-order valence-corrected chi connectivity index (χ0v) is 23.3. The lowest BCUT2D eigenvalue weighted by Gasteiger charge is -2.18. The van der Waals surface area contributed by atoms with Crippen molar-refractivity contribution in [2.75, 3.05) is 0 Å². The lowest BCUT2D eigenvalue weighted by molar-refractivity contribution is -0.138. The summed E-state index contributed by atoms with van der Waals surface area (Å²) in [6.45, 7) is 0. The van der Waals surface area contributed by atoms with Gasteiger partial charge in [0.1, 0.15) is 0 Å². The third-order valence-electron chi connectivity index (χ3n) is 6.98. The lowest BCUT2D eigenvalue weighted by atomic mass is 9.89. The average Bonchev–Trinajstić information content (AvgIpc) is 2.87. The van der Waals surface area contributed by atoms with Crippen LogP contribution in [0.25, 0.3) is 0 Å². The summed E-state index contributed by atoms with van der Waals surface area (Å²) in [4.78, 5) is 0.0171. The minimum atomic E-state index is -4.76. The Hall–Kier alpha value is -1.93. The van der Waals surface area contributed by atoms with Crippen molar-refractivity contribution in [1.29, 1.82) is 0 Å². The van der Waals surface area contributed by atoms with Crippen LogP contribution in [0.5, 0.6) is 0 Å². The topological polar surface area (TPSA) is 0 Å². The van der Waals surface area contributed by atoms with Gasteiger partial charge < -0.3 is 0 Å². The molecule has 0 nitrogen and oxygen atoms in total. The van der Waals surface area contributed by atoms with Crippen LogP contribution in [0.15, 0.2) is 34.1 Å². The molecule has 0 aromatic heterocycles. The maximum atomic E-state index is 14.1. The molecule has 0 saturated heterocycles. The summed E-state index contributed by atoms with van der Waals surface area (Å²) >= 11 is 12.9. The van der Waals surface area contributed by atoms with E-state index in [4.69, 9.17) is 23.2 Å². The molecule has 208 valence electrons. The van der Waals surface area contributed by atoms with Crippen molar-refractivity contribution in [1.82, 2.24) is 0 Å². The molecular weight excluding hydrogens is 577 g/mol. The van der Waals surface area contributed by atoms with Crippen LogP contribution in [0.1, 0.15) is 86.5 Å². The first-order valence-corrected chi connectivity index (χ1v) is 14.5. The zero-order valence-electron chi connectivity index (χ0n) is 21.0. The van der Waals surface area contributed by atoms with Crippen LogP contribution in [0.2, 0.25) is 10.0 Å². The molecule has 2 aromatic carbocycles. The summed E-state index contributed by atoms with van der Waals surface area (Å²) in [5, 5.41) is -0.387. The van der Waals surface area contributed by atoms with E-state index in [9.17, 15) is 26.3 Å². The predicted molar refractivity (Wildman–Crippen MR) is 144 cm³/mol. The summed E-state index contributed by atoms with van der Waals surface area (Å²) in [7, 11) is 0. The molecule has 0 atom stereocenters. The Morgan fingerprint density at radius 3 is 1.28 bits per heavy atom.